The van der Waals surface area contributed by atoms with E-state index in [9.17, 15) is 4.79 Å². The standard InChI is InChI=1S/C13H10N4O2S/c18-12(11-2-1-5-19-11)16-13(20)15-9-4-3-8-7-14-17-10(8)6-9/h1-7H,(H,14,17)(H2,15,16,18,20). The van der Waals surface area contributed by atoms with E-state index < -0.39 is 5.91 Å². The molecular weight excluding hydrogens is 276 g/mol. The van der Waals surface area contributed by atoms with Crippen LogP contribution in [0.3, 0.4) is 0 Å². The highest BCUT2D eigenvalue weighted by Crippen LogP contribution is 2.16. The molecule has 0 fully saturated rings. The van der Waals surface area contributed by atoms with Crippen LogP contribution in [0.5, 0.6) is 0 Å². The first-order valence-electron chi connectivity index (χ1n) is 5.81. The monoisotopic (exact) mass is 286 g/mol. The predicted octanol–water partition coefficient (Wildman–Crippen LogP) is 2.28. The number of hydrogen-bond donors (Lipinski definition) is 3. The van der Waals surface area contributed by atoms with Gasteiger partial charge in [-0.2, -0.15) is 5.10 Å². The first-order valence-corrected chi connectivity index (χ1v) is 6.22. The number of anilines is 1. The van der Waals surface area contributed by atoms with Crippen molar-refractivity contribution in [3.63, 3.8) is 0 Å². The highest BCUT2D eigenvalue weighted by atomic mass is 32.1. The number of hydrogen-bond acceptors (Lipinski definition) is 4. The Morgan fingerprint density at radius 3 is 3.05 bits per heavy atom. The summed E-state index contributed by atoms with van der Waals surface area (Å²) in [4.78, 5) is 11.7. The molecule has 3 aromatic rings. The van der Waals surface area contributed by atoms with Gasteiger partial charge < -0.3 is 9.73 Å². The number of carbonyl (C=O) groups is 1. The summed E-state index contributed by atoms with van der Waals surface area (Å²) in [5, 5.41) is 13.5. The third kappa shape index (κ3) is 2.52. The van der Waals surface area contributed by atoms with Gasteiger partial charge in [0.15, 0.2) is 10.9 Å². The van der Waals surface area contributed by atoms with Gasteiger partial charge in [0, 0.05) is 11.1 Å². The molecule has 100 valence electrons. The summed E-state index contributed by atoms with van der Waals surface area (Å²) in [7, 11) is 0. The fourth-order valence-corrected chi connectivity index (χ4v) is 1.96. The molecule has 1 amide bonds. The summed E-state index contributed by atoms with van der Waals surface area (Å²) >= 11 is 5.08. The smallest absolute Gasteiger partial charge is 0.293 e. The van der Waals surface area contributed by atoms with Crippen molar-refractivity contribution in [3.8, 4) is 0 Å². The summed E-state index contributed by atoms with van der Waals surface area (Å²) in [6.45, 7) is 0. The van der Waals surface area contributed by atoms with Crippen LogP contribution in [0.2, 0.25) is 0 Å². The molecule has 0 spiro atoms. The zero-order valence-electron chi connectivity index (χ0n) is 10.2. The Bertz CT molecular complexity index is 764. The van der Waals surface area contributed by atoms with Crippen LogP contribution in [0.1, 0.15) is 10.6 Å². The zero-order chi connectivity index (χ0) is 13.9. The lowest BCUT2D eigenvalue weighted by Gasteiger charge is -2.08. The molecule has 0 bridgehead atoms. The molecular formula is C13H10N4O2S. The fourth-order valence-electron chi connectivity index (χ4n) is 1.75. The van der Waals surface area contributed by atoms with E-state index in [0.29, 0.717) is 0 Å². The third-order valence-electron chi connectivity index (χ3n) is 2.67. The quantitative estimate of drug-likeness (QED) is 0.630. The molecule has 0 saturated carbocycles. The van der Waals surface area contributed by atoms with E-state index in [1.54, 1.807) is 18.3 Å². The lowest BCUT2D eigenvalue weighted by atomic mass is 10.2. The van der Waals surface area contributed by atoms with Gasteiger partial charge in [0.05, 0.1) is 18.0 Å². The number of aromatic nitrogens is 2. The van der Waals surface area contributed by atoms with Crippen LogP contribution in [-0.4, -0.2) is 21.2 Å². The fraction of sp³-hybridized carbons (Fsp3) is 0. The van der Waals surface area contributed by atoms with Gasteiger partial charge in [-0.1, -0.05) is 0 Å². The van der Waals surface area contributed by atoms with Gasteiger partial charge in [0.1, 0.15) is 0 Å². The number of fused-ring (bicyclic) bond motifs is 1. The number of thiocarbonyl (C=S) groups is 1. The average Bonchev–Trinajstić information content (AvgIpc) is 3.09. The summed E-state index contributed by atoms with van der Waals surface area (Å²) in [5.74, 6) is -0.187. The van der Waals surface area contributed by atoms with Crippen molar-refractivity contribution in [2.75, 3.05) is 5.32 Å². The number of nitrogens with one attached hydrogen (secondary N) is 3. The molecule has 1 aromatic carbocycles. The third-order valence-corrected chi connectivity index (χ3v) is 2.88. The van der Waals surface area contributed by atoms with Crippen LogP contribution >= 0.6 is 12.2 Å². The minimum absolute atomic E-state index is 0.199. The maximum absolute atomic E-state index is 11.7. The highest BCUT2D eigenvalue weighted by molar-refractivity contribution is 7.80. The molecule has 0 saturated heterocycles. The SMILES string of the molecule is O=C(NC(=S)Nc1ccc2cn[nH]c2c1)c1ccco1. The first-order chi connectivity index (χ1) is 9.72. The molecule has 0 aliphatic carbocycles. The zero-order valence-corrected chi connectivity index (χ0v) is 11.0. The van der Waals surface area contributed by atoms with Crippen LogP contribution in [0.4, 0.5) is 5.69 Å². The Balaban J connectivity index is 1.67. The van der Waals surface area contributed by atoms with Crippen molar-refractivity contribution in [2.45, 2.75) is 0 Å². The Kier molecular flexibility index (Phi) is 3.18. The number of amides is 1. The Hall–Kier alpha value is -2.67. The number of carbonyl (C=O) groups excluding carboxylic acids is 1. The molecule has 0 unspecified atom stereocenters. The van der Waals surface area contributed by atoms with Crippen molar-refractivity contribution < 1.29 is 9.21 Å². The van der Waals surface area contributed by atoms with Crippen LogP contribution in [0.15, 0.2) is 47.2 Å². The average molecular weight is 286 g/mol. The lowest BCUT2D eigenvalue weighted by molar-refractivity contribution is 0.0950. The molecule has 0 aliphatic heterocycles. The summed E-state index contributed by atoms with van der Waals surface area (Å²) in [6.07, 6.45) is 3.16. The molecule has 20 heavy (non-hydrogen) atoms. The largest absolute Gasteiger partial charge is 0.459 e. The van der Waals surface area contributed by atoms with Crippen molar-refractivity contribution in [2.24, 2.45) is 0 Å². The normalized spacial score (nSPS) is 10.4. The van der Waals surface area contributed by atoms with Gasteiger partial charge in [-0.15, -0.1) is 0 Å². The second-order valence-corrected chi connectivity index (χ2v) is 4.47. The van der Waals surface area contributed by atoms with E-state index in [0.717, 1.165) is 16.6 Å². The Morgan fingerprint density at radius 2 is 2.25 bits per heavy atom. The van der Waals surface area contributed by atoms with Crippen molar-refractivity contribution in [3.05, 3.63) is 48.6 Å². The van der Waals surface area contributed by atoms with Crippen molar-refractivity contribution in [1.29, 1.82) is 0 Å². The van der Waals surface area contributed by atoms with E-state index in [-0.39, 0.29) is 10.9 Å². The van der Waals surface area contributed by atoms with Crippen molar-refractivity contribution >= 4 is 39.8 Å². The van der Waals surface area contributed by atoms with Crippen LogP contribution in [0, 0.1) is 0 Å². The van der Waals surface area contributed by atoms with E-state index in [2.05, 4.69) is 20.8 Å². The molecule has 3 N–H and O–H groups in total. The summed E-state index contributed by atoms with van der Waals surface area (Å²) < 4.78 is 4.98. The maximum atomic E-state index is 11.7. The number of furan rings is 1. The molecule has 2 heterocycles. The molecule has 7 heteroatoms. The van der Waals surface area contributed by atoms with E-state index >= 15 is 0 Å². The van der Waals surface area contributed by atoms with Gasteiger partial charge in [-0.05, 0) is 42.5 Å². The van der Waals surface area contributed by atoms with Gasteiger partial charge in [0.2, 0.25) is 0 Å². The second-order valence-electron chi connectivity index (χ2n) is 4.06. The number of H-pyrrole nitrogens is 1. The topological polar surface area (TPSA) is 83.0 Å². The Labute approximate surface area is 119 Å². The molecule has 0 aliphatic rings. The second kappa shape index (κ2) is 5.14. The molecule has 2 aromatic heterocycles. The van der Waals surface area contributed by atoms with E-state index in [4.69, 9.17) is 16.6 Å². The van der Waals surface area contributed by atoms with Crippen LogP contribution in [-0.2, 0) is 0 Å². The molecule has 0 radical (unpaired) electrons. The van der Waals surface area contributed by atoms with Gasteiger partial charge in [0.25, 0.3) is 5.91 Å². The van der Waals surface area contributed by atoms with E-state index in [1.165, 1.54) is 6.26 Å². The molecule has 6 nitrogen and oxygen atoms in total. The highest BCUT2D eigenvalue weighted by Gasteiger charge is 2.10. The molecule has 3 rings (SSSR count). The number of rotatable bonds is 2. The predicted molar refractivity (Wildman–Crippen MR) is 78.5 cm³/mol. The number of nitrogens with zero attached hydrogens (tertiary/aromatic N) is 1. The van der Waals surface area contributed by atoms with Crippen molar-refractivity contribution in [1.82, 2.24) is 15.5 Å². The van der Waals surface area contributed by atoms with Gasteiger partial charge >= 0.3 is 0 Å². The molecule has 0 atom stereocenters. The number of benzene rings is 1. The van der Waals surface area contributed by atoms with Crippen LogP contribution in [0.25, 0.3) is 10.9 Å². The Morgan fingerprint density at radius 1 is 1.35 bits per heavy atom. The van der Waals surface area contributed by atoms with Gasteiger partial charge in [-0.3, -0.25) is 15.2 Å². The minimum atomic E-state index is -0.393. The van der Waals surface area contributed by atoms with Crippen LogP contribution < -0.4 is 10.6 Å². The first kappa shape index (κ1) is 12.4. The summed E-state index contributed by atoms with van der Waals surface area (Å²) in [6, 6.07) is 8.81. The minimum Gasteiger partial charge on any atom is -0.459 e. The van der Waals surface area contributed by atoms with E-state index in [1.807, 2.05) is 18.2 Å². The van der Waals surface area contributed by atoms with Gasteiger partial charge in [-0.25, -0.2) is 0 Å². The summed E-state index contributed by atoms with van der Waals surface area (Å²) in [5.41, 5.74) is 1.64. The lowest BCUT2D eigenvalue weighted by Crippen LogP contribution is -2.33. The maximum Gasteiger partial charge on any atom is 0.293 e. The number of aromatic amines is 1.